The van der Waals surface area contributed by atoms with E-state index in [9.17, 15) is 4.79 Å². The quantitative estimate of drug-likeness (QED) is 0.574. The van der Waals surface area contributed by atoms with E-state index in [0.717, 1.165) is 29.9 Å². The van der Waals surface area contributed by atoms with Crippen LogP contribution in [0.2, 0.25) is 0 Å². The van der Waals surface area contributed by atoms with Crippen LogP contribution in [0.25, 0.3) is 5.52 Å². The number of carbonyl (C=O) groups is 1. The average Bonchev–Trinajstić information content (AvgIpc) is 3.50. The second kappa shape index (κ2) is 8.46. The number of fused-ring (bicyclic) bond motifs is 1. The summed E-state index contributed by atoms with van der Waals surface area (Å²) in [5, 5.41) is 3.10. The minimum Gasteiger partial charge on any atom is -0.497 e. The number of benzene rings is 1. The monoisotopic (exact) mass is 377 g/mol. The van der Waals surface area contributed by atoms with Gasteiger partial charge in [-0.3, -0.25) is 4.79 Å². The van der Waals surface area contributed by atoms with Gasteiger partial charge >= 0.3 is 0 Å². The highest BCUT2D eigenvalue weighted by molar-refractivity contribution is 5.77. The minimum atomic E-state index is 0.140. The molecule has 1 fully saturated rings. The van der Waals surface area contributed by atoms with Gasteiger partial charge in [-0.15, -0.1) is 0 Å². The molecule has 0 bridgehead atoms. The normalized spacial score (nSPS) is 14.8. The first-order chi connectivity index (χ1) is 13.7. The number of rotatable bonds is 9. The number of pyridine rings is 1. The van der Waals surface area contributed by atoms with Crippen LogP contribution >= 0.6 is 0 Å². The Hall–Kier alpha value is -2.82. The van der Waals surface area contributed by atoms with Crippen molar-refractivity contribution in [3.05, 3.63) is 66.2 Å². The highest BCUT2D eigenvalue weighted by Crippen LogP contribution is 2.44. The van der Waals surface area contributed by atoms with E-state index in [-0.39, 0.29) is 5.91 Å². The topological polar surface area (TPSA) is 55.6 Å². The first-order valence-electron chi connectivity index (χ1n) is 10.1. The van der Waals surface area contributed by atoms with Gasteiger partial charge in [-0.1, -0.05) is 18.2 Å². The summed E-state index contributed by atoms with van der Waals surface area (Å²) in [5.74, 6) is 2.98. The third-order valence-corrected chi connectivity index (χ3v) is 5.55. The van der Waals surface area contributed by atoms with Crippen molar-refractivity contribution in [3.63, 3.8) is 0 Å². The van der Waals surface area contributed by atoms with Crippen LogP contribution in [-0.4, -0.2) is 28.9 Å². The van der Waals surface area contributed by atoms with E-state index in [1.165, 1.54) is 18.4 Å². The van der Waals surface area contributed by atoms with Crippen molar-refractivity contribution in [2.45, 2.75) is 38.0 Å². The van der Waals surface area contributed by atoms with Crippen LogP contribution in [0.4, 0.5) is 0 Å². The van der Waals surface area contributed by atoms with Crippen molar-refractivity contribution in [1.29, 1.82) is 0 Å². The number of hydrogen-bond acceptors (Lipinski definition) is 3. The van der Waals surface area contributed by atoms with E-state index in [1.807, 2.05) is 36.7 Å². The maximum atomic E-state index is 12.5. The Morgan fingerprint density at radius 3 is 2.82 bits per heavy atom. The number of nitrogens with zero attached hydrogens (tertiary/aromatic N) is 2. The van der Waals surface area contributed by atoms with Crippen LogP contribution in [-0.2, 0) is 11.2 Å². The predicted molar refractivity (Wildman–Crippen MR) is 110 cm³/mol. The molecule has 3 aromatic rings. The third kappa shape index (κ3) is 4.35. The molecule has 5 heteroatoms. The van der Waals surface area contributed by atoms with Crippen LogP contribution in [0.3, 0.4) is 0 Å². The molecule has 1 aromatic carbocycles. The molecule has 5 nitrogen and oxygen atoms in total. The summed E-state index contributed by atoms with van der Waals surface area (Å²) in [6, 6.07) is 14.2. The fourth-order valence-corrected chi connectivity index (χ4v) is 3.84. The Morgan fingerprint density at radius 1 is 1.25 bits per heavy atom. The molecule has 146 valence electrons. The van der Waals surface area contributed by atoms with E-state index in [4.69, 9.17) is 4.74 Å². The Morgan fingerprint density at radius 2 is 2.07 bits per heavy atom. The largest absolute Gasteiger partial charge is 0.497 e. The van der Waals surface area contributed by atoms with Crippen molar-refractivity contribution in [3.8, 4) is 5.75 Å². The van der Waals surface area contributed by atoms with Crippen LogP contribution in [0, 0.1) is 5.92 Å². The van der Waals surface area contributed by atoms with Gasteiger partial charge in [0, 0.05) is 25.6 Å². The number of nitrogens with one attached hydrogen (secondary N) is 1. The van der Waals surface area contributed by atoms with E-state index in [0.29, 0.717) is 24.8 Å². The molecule has 1 unspecified atom stereocenters. The van der Waals surface area contributed by atoms with Gasteiger partial charge < -0.3 is 14.5 Å². The lowest BCUT2D eigenvalue weighted by atomic mass is 9.90. The average molecular weight is 377 g/mol. The Labute approximate surface area is 165 Å². The molecule has 4 rings (SSSR count). The van der Waals surface area contributed by atoms with Crippen LogP contribution in [0.15, 0.2) is 54.9 Å². The van der Waals surface area contributed by atoms with Crippen LogP contribution in [0.1, 0.15) is 43.0 Å². The molecule has 1 amide bonds. The minimum absolute atomic E-state index is 0.140. The Balaban J connectivity index is 1.27. The number of aryl methyl sites for hydroxylation is 1. The van der Waals surface area contributed by atoms with Gasteiger partial charge in [0.05, 0.1) is 18.8 Å². The molecular weight excluding hydrogens is 350 g/mol. The van der Waals surface area contributed by atoms with Gasteiger partial charge in [-0.25, -0.2) is 4.98 Å². The van der Waals surface area contributed by atoms with E-state index in [2.05, 4.69) is 32.9 Å². The van der Waals surface area contributed by atoms with E-state index < -0.39 is 0 Å². The molecule has 1 saturated carbocycles. The van der Waals surface area contributed by atoms with Crippen molar-refractivity contribution in [1.82, 2.24) is 14.7 Å². The SMILES string of the molecule is COc1ccc(C(CC(=O)NCCCc2ncc3ccccn23)C2CC2)cc1. The second-order valence-corrected chi connectivity index (χ2v) is 7.54. The standard InChI is InChI=1S/C23H27N3O2/c1-28-20-11-9-18(10-12-20)21(17-7-8-17)15-23(27)24-13-4-6-22-25-16-19-5-2-3-14-26(19)22/h2-3,5,9-12,14,16-17,21H,4,6-8,13,15H2,1H3,(H,24,27). The Kier molecular flexibility index (Phi) is 5.60. The zero-order valence-corrected chi connectivity index (χ0v) is 16.3. The maximum absolute atomic E-state index is 12.5. The molecule has 1 atom stereocenters. The summed E-state index contributed by atoms with van der Waals surface area (Å²) in [6.07, 6.45) is 8.66. The number of methoxy groups -OCH3 is 1. The van der Waals surface area contributed by atoms with Gasteiger partial charge in [0.1, 0.15) is 11.6 Å². The summed E-state index contributed by atoms with van der Waals surface area (Å²) < 4.78 is 7.35. The molecule has 0 saturated heterocycles. The lowest BCUT2D eigenvalue weighted by Crippen LogP contribution is -2.27. The van der Waals surface area contributed by atoms with Gasteiger partial charge in [-0.2, -0.15) is 0 Å². The smallest absolute Gasteiger partial charge is 0.220 e. The number of amides is 1. The molecule has 0 spiro atoms. The highest BCUT2D eigenvalue weighted by Gasteiger charge is 2.33. The van der Waals surface area contributed by atoms with Gasteiger partial charge in [0.25, 0.3) is 0 Å². The van der Waals surface area contributed by atoms with E-state index in [1.54, 1.807) is 7.11 Å². The molecule has 1 aliphatic rings. The highest BCUT2D eigenvalue weighted by atomic mass is 16.5. The molecule has 28 heavy (non-hydrogen) atoms. The number of hydrogen-bond donors (Lipinski definition) is 1. The van der Waals surface area contributed by atoms with Gasteiger partial charge in [-0.05, 0) is 60.9 Å². The van der Waals surface area contributed by atoms with Crippen molar-refractivity contribution in [2.75, 3.05) is 13.7 Å². The first kappa shape index (κ1) is 18.5. The van der Waals surface area contributed by atoms with E-state index >= 15 is 0 Å². The van der Waals surface area contributed by atoms with Crippen molar-refractivity contribution in [2.24, 2.45) is 5.92 Å². The van der Waals surface area contributed by atoms with Crippen LogP contribution in [0.5, 0.6) is 5.75 Å². The molecule has 1 N–H and O–H groups in total. The number of aromatic nitrogens is 2. The zero-order valence-electron chi connectivity index (χ0n) is 16.3. The predicted octanol–water partition coefficient (Wildman–Crippen LogP) is 3.98. The van der Waals surface area contributed by atoms with Gasteiger partial charge in [0.15, 0.2) is 0 Å². The summed E-state index contributed by atoms with van der Waals surface area (Å²) in [4.78, 5) is 17.0. The van der Waals surface area contributed by atoms with Crippen molar-refractivity contribution < 1.29 is 9.53 Å². The molecule has 2 heterocycles. The second-order valence-electron chi connectivity index (χ2n) is 7.54. The zero-order chi connectivity index (χ0) is 19.3. The summed E-state index contributed by atoms with van der Waals surface area (Å²) in [6.45, 7) is 0.681. The lowest BCUT2D eigenvalue weighted by Gasteiger charge is -2.17. The number of carbonyl (C=O) groups excluding carboxylic acids is 1. The van der Waals surface area contributed by atoms with Gasteiger partial charge in [0.2, 0.25) is 5.91 Å². The summed E-state index contributed by atoms with van der Waals surface area (Å²) in [5.41, 5.74) is 2.34. The Bertz CT molecular complexity index is 928. The molecule has 1 aliphatic carbocycles. The number of ether oxygens (including phenoxy) is 1. The fraction of sp³-hybridized carbons (Fsp3) is 0.391. The first-order valence-corrected chi connectivity index (χ1v) is 10.1. The lowest BCUT2D eigenvalue weighted by molar-refractivity contribution is -0.121. The molecule has 0 aliphatic heterocycles. The molecule has 2 aromatic heterocycles. The molecular formula is C23H27N3O2. The number of imidazole rings is 1. The fourth-order valence-electron chi connectivity index (χ4n) is 3.84. The molecule has 0 radical (unpaired) electrons. The summed E-state index contributed by atoms with van der Waals surface area (Å²) in [7, 11) is 1.67. The van der Waals surface area contributed by atoms with Crippen molar-refractivity contribution >= 4 is 11.4 Å². The third-order valence-electron chi connectivity index (χ3n) is 5.55. The summed E-state index contributed by atoms with van der Waals surface area (Å²) >= 11 is 0. The van der Waals surface area contributed by atoms with Crippen LogP contribution < -0.4 is 10.1 Å². The maximum Gasteiger partial charge on any atom is 0.220 e.